The van der Waals surface area contributed by atoms with E-state index in [4.69, 9.17) is 5.26 Å². The molecule has 1 unspecified atom stereocenters. The van der Waals surface area contributed by atoms with Gasteiger partial charge in [-0.15, -0.1) is 0 Å². The molecule has 0 amide bonds. The molecule has 0 aliphatic heterocycles. The molecule has 1 N–H and O–H groups in total. The molecule has 0 heterocycles. The van der Waals surface area contributed by atoms with Crippen LogP contribution in [0.5, 0.6) is 0 Å². The van der Waals surface area contributed by atoms with Crippen molar-refractivity contribution in [1.82, 2.24) is 0 Å². The zero-order valence-corrected chi connectivity index (χ0v) is 9.84. The van der Waals surface area contributed by atoms with E-state index in [2.05, 4.69) is 9.62 Å². The largest absolute Gasteiger partial charge is 0.622 e. The molecule has 0 saturated carbocycles. The second-order valence-electron chi connectivity index (χ2n) is 4.22. The number of allylic oxidation sites excluding steroid dienone is 1. The van der Waals surface area contributed by atoms with E-state index >= 15 is 0 Å². The monoisotopic (exact) mass is 231 g/mol. The fourth-order valence-electron chi connectivity index (χ4n) is 0.939. The molecule has 1 atom stereocenters. The highest BCUT2D eigenvalue weighted by Gasteiger charge is 2.32. The Bertz CT molecular complexity index is 290. The van der Waals surface area contributed by atoms with Gasteiger partial charge in [0, 0.05) is 12.2 Å². The molecule has 0 rings (SSSR count). The van der Waals surface area contributed by atoms with Crippen LogP contribution in [0.4, 0.5) is 0 Å². The van der Waals surface area contributed by atoms with Crippen molar-refractivity contribution in [2.75, 3.05) is 7.11 Å². The van der Waals surface area contributed by atoms with Gasteiger partial charge in [0.1, 0.15) is 0 Å². The van der Waals surface area contributed by atoms with Gasteiger partial charge in [0.2, 0.25) is 0 Å². The Morgan fingerprint density at radius 1 is 1.50 bits per heavy atom. The third kappa shape index (κ3) is 4.90. The number of hydrogen-bond acceptors (Lipinski definition) is 5. The van der Waals surface area contributed by atoms with Gasteiger partial charge in [-0.1, -0.05) is 20.8 Å². The van der Waals surface area contributed by atoms with E-state index in [0.717, 1.165) is 12.3 Å². The lowest BCUT2D eigenvalue weighted by atomic mass is 9.94. The maximum Gasteiger partial charge on any atom is 0.330 e. The third-order valence-corrected chi connectivity index (χ3v) is 1.74. The first kappa shape index (κ1) is 14.6. The minimum atomic E-state index is -1.05. The molecule has 16 heavy (non-hydrogen) atoms. The summed E-state index contributed by atoms with van der Waals surface area (Å²) in [6, 6.07) is 0. The van der Waals surface area contributed by atoms with Gasteiger partial charge in [-0.25, -0.2) is 10.1 Å². The van der Waals surface area contributed by atoms with Crippen molar-refractivity contribution in [3.8, 4) is 0 Å². The highest BCUT2D eigenvalue weighted by molar-refractivity contribution is 5.86. The molecule has 0 fully saturated rings. The molecule has 0 radical (unpaired) electrons. The number of rotatable bonds is 4. The van der Waals surface area contributed by atoms with Gasteiger partial charge in [0.25, 0.3) is 0 Å². The standard InChI is InChI=1S/C10H17NO5/c1-10(2,3)9(16-14)11(13)7-5-6-8(12)15-4/h5-7,9,14H,1-4H3/b6-5-,11-7-. The normalized spacial score (nSPS) is 15.2. The number of esters is 1. The number of nitrogens with zero attached hydrogens (tertiary/aromatic N) is 1. The summed E-state index contributed by atoms with van der Waals surface area (Å²) in [5.74, 6) is -0.568. The van der Waals surface area contributed by atoms with Gasteiger partial charge in [0.05, 0.1) is 12.5 Å². The number of ether oxygens (including phenoxy) is 1. The van der Waals surface area contributed by atoms with Crippen LogP contribution in [0.25, 0.3) is 0 Å². The van der Waals surface area contributed by atoms with Gasteiger partial charge in [-0.3, -0.25) is 0 Å². The van der Waals surface area contributed by atoms with Crippen LogP contribution >= 0.6 is 0 Å². The first-order valence-electron chi connectivity index (χ1n) is 4.68. The van der Waals surface area contributed by atoms with E-state index in [1.165, 1.54) is 13.2 Å². The average Bonchev–Trinajstić information content (AvgIpc) is 2.16. The zero-order chi connectivity index (χ0) is 12.8. The molecule has 0 spiro atoms. The molecule has 92 valence electrons. The molecule has 0 saturated heterocycles. The fourth-order valence-corrected chi connectivity index (χ4v) is 0.939. The summed E-state index contributed by atoms with van der Waals surface area (Å²) in [6.45, 7) is 5.20. The predicted octanol–water partition coefficient (Wildman–Crippen LogP) is 1.16. The molecule has 0 aliphatic rings. The molecule has 0 aromatic rings. The van der Waals surface area contributed by atoms with Crippen LogP contribution in [0.1, 0.15) is 20.8 Å². The Morgan fingerprint density at radius 2 is 2.06 bits per heavy atom. The number of carbonyl (C=O) groups is 1. The van der Waals surface area contributed by atoms with Crippen molar-refractivity contribution < 1.29 is 24.4 Å². The smallest absolute Gasteiger partial charge is 0.330 e. The summed E-state index contributed by atoms with van der Waals surface area (Å²) in [4.78, 5) is 14.8. The second kappa shape index (κ2) is 6.24. The molecule has 0 aromatic carbocycles. The lowest BCUT2D eigenvalue weighted by Gasteiger charge is -2.24. The minimum absolute atomic E-state index is 0.416. The highest BCUT2D eigenvalue weighted by atomic mass is 17.1. The molecule has 0 aromatic heterocycles. The summed E-state index contributed by atoms with van der Waals surface area (Å²) in [7, 11) is 1.23. The fraction of sp³-hybridized carbons (Fsp3) is 0.600. The van der Waals surface area contributed by atoms with Crippen LogP contribution in [-0.4, -0.2) is 35.5 Å². The van der Waals surface area contributed by atoms with Crippen molar-refractivity contribution in [3.05, 3.63) is 17.4 Å². The molecular formula is C10H17NO5. The number of hydroxylamine groups is 1. The van der Waals surface area contributed by atoms with Crippen LogP contribution in [0.2, 0.25) is 0 Å². The van der Waals surface area contributed by atoms with Crippen molar-refractivity contribution >= 4 is 12.2 Å². The van der Waals surface area contributed by atoms with Crippen LogP contribution < -0.4 is 0 Å². The summed E-state index contributed by atoms with van der Waals surface area (Å²) in [5.41, 5.74) is -0.563. The van der Waals surface area contributed by atoms with Gasteiger partial charge < -0.3 is 9.94 Å². The van der Waals surface area contributed by atoms with Gasteiger partial charge in [-0.05, 0) is 0 Å². The van der Waals surface area contributed by atoms with Crippen molar-refractivity contribution in [3.63, 3.8) is 0 Å². The predicted molar refractivity (Wildman–Crippen MR) is 57.8 cm³/mol. The topological polar surface area (TPSA) is 81.8 Å². The van der Waals surface area contributed by atoms with Crippen molar-refractivity contribution in [1.29, 1.82) is 0 Å². The molecular weight excluding hydrogens is 214 g/mol. The lowest BCUT2D eigenvalue weighted by Crippen LogP contribution is -2.37. The molecule has 0 bridgehead atoms. The molecule has 6 heteroatoms. The Labute approximate surface area is 94.3 Å². The highest BCUT2D eigenvalue weighted by Crippen LogP contribution is 2.21. The first-order valence-corrected chi connectivity index (χ1v) is 4.68. The van der Waals surface area contributed by atoms with Crippen LogP contribution in [-0.2, 0) is 14.4 Å². The molecule has 0 aliphatic carbocycles. The van der Waals surface area contributed by atoms with Crippen LogP contribution in [0, 0.1) is 10.6 Å². The Kier molecular flexibility index (Phi) is 5.69. The lowest BCUT2D eigenvalue weighted by molar-refractivity contribution is -0.616. The Morgan fingerprint density at radius 3 is 2.44 bits per heavy atom. The van der Waals surface area contributed by atoms with Crippen LogP contribution in [0.15, 0.2) is 12.2 Å². The van der Waals surface area contributed by atoms with E-state index in [1.807, 2.05) is 0 Å². The van der Waals surface area contributed by atoms with Gasteiger partial charge >= 0.3 is 12.2 Å². The third-order valence-electron chi connectivity index (χ3n) is 1.74. The SMILES string of the molecule is COC(=O)/C=C\C=[N+](/[O-])C(OO)C(C)(C)C. The number of carbonyl (C=O) groups excluding carboxylic acids is 1. The average molecular weight is 231 g/mol. The summed E-state index contributed by atoms with van der Waals surface area (Å²) in [6.07, 6.45) is 2.33. The van der Waals surface area contributed by atoms with E-state index in [-0.39, 0.29) is 0 Å². The maximum atomic E-state index is 11.5. The summed E-state index contributed by atoms with van der Waals surface area (Å²) in [5, 5.41) is 20.1. The van der Waals surface area contributed by atoms with Gasteiger partial charge in [-0.2, -0.15) is 9.63 Å². The van der Waals surface area contributed by atoms with Crippen LogP contribution in [0.3, 0.4) is 0 Å². The Hall–Kier alpha value is -1.40. The van der Waals surface area contributed by atoms with E-state index in [1.54, 1.807) is 20.8 Å². The van der Waals surface area contributed by atoms with Crippen molar-refractivity contribution in [2.24, 2.45) is 5.41 Å². The molecule has 6 nitrogen and oxygen atoms in total. The van der Waals surface area contributed by atoms with E-state index in [0.29, 0.717) is 4.74 Å². The minimum Gasteiger partial charge on any atom is -0.622 e. The summed E-state index contributed by atoms with van der Waals surface area (Å²) < 4.78 is 4.76. The maximum absolute atomic E-state index is 11.5. The van der Waals surface area contributed by atoms with E-state index < -0.39 is 17.6 Å². The van der Waals surface area contributed by atoms with Crippen molar-refractivity contribution in [2.45, 2.75) is 27.0 Å². The van der Waals surface area contributed by atoms with E-state index in [9.17, 15) is 10.0 Å². The second-order valence-corrected chi connectivity index (χ2v) is 4.22. The summed E-state index contributed by atoms with van der Waals surface area (Å²) >= 11 is 0. The number of methoxy groups -OCH3 is 1. The number of hydrogen-bond donors (Lipinski definition) is 1. The quantitative estimate of drug-likeness (QED) is 0.115. The first-order chi connectivity index (χ1) is 7.32. The van der Waals surface area contributed by atoms with Gasteiger partial charge in [0.15, 0.2) is 6.21 Å². The zero-order valence-electron chi connectivity index (χ0n) is 9.84. The Balaban J connectivity index is 4.64.